The van der Waals surface area contributed by atoms with Gasteiger partial charge in [-0.1, -0.05) is 57.3 Å². The van der Waals surface area contributed by atoms with E-state index in [9.17, 15) is 13.2 Å². The molecule has 9 nitrogen and oxygen atoms in total. The Balaban J connectivity index is 1.40. The third kappa shape index (κ3) is 5.03. The van der Waals surface area contributed by atoms with Crippen LogP contribution in [0.5, 0.6) is 0 Å². The number of benzene rings is 2. The Morgan fingerprint density at radius 2 is 1.63 bits per heavy atom. The molecule has 0 aliphatic carbocycles. The van der Waals surface area contributed by atoms with Gasteiger partial charge in [-0.05, 0) is 55.0 Å². The molecule has 1 unspecified atom stereocenters. The first-order valence-electron chi connectivity index (χ1n) is 12.9. The fourth-order valence-corrected chi connectivity index (χ4v) is 7.83. The topological polar surface area (TPSA) is 91.6 Å². The summed E-state index contributed by atoms with van der Waals surface area (Å²) in [5, 5.41) is 0.652. The largest absolute Gasteiger partial charge is 0.354 e. The van der Waals surface area contributed by atoms with Gasteiger partial charge in [0.25, 0.3) is 15.9 Å². The van der Waals surface area contributed by atoms with Crippen molar-refractivity contribution in [3.63, 3.8) is 0 Å². The number of hydrogen-bond donors (Lipinski definition) is 0. The van der Waals surface area contributed by atoms with E-state index in [4.69, 9.17) is 23.2 Å². The van der Waals surface area contributed by atoms with Gasteiger partial charge in [-0.2, -0.15) is 4.31 Å². The second-order valence-electron chi connectivity index (χ2n) is 10.2. The summed E-state index contributed by atoms with van der Waals surface area (Å²) in [4.78, 5) is 26.6. The molecule has 2 aromatic heterocycles. The van der Waals surface area contributed by atoms with Gasteiger partial charge >= 0.3 is 0 Å². The molecule has 2 aromatic carbocycles. The number of fused-ring (bicyclic) bond motifs is 1. The highest BCUT2D eigenvalue weighted by Gasteiger charge is 2.52. The van der Waals surface area contributed by atoms with Crippen molar-refractivity contribution in [1.29, 1.82) is 0 Å². The molecule has 212 valence electrons. The molecule has 0 bridgehead atoms. The lowest BCUT2D eigenvalue weighted by atomic mass is 9.92. The Labute approximate surface area is 256 Å². The zero-order valence-corrected chi connectivity index (χ0v) is 25.8. The summed E-state index contributed by atoms with van der Waals surface area (Å²) in [6.45, 7) is 3.25. The minimum Gasteiger partial charge on any atom is -0.354 e. The molecule has 0 radical (unpaired) electrons. The quantitative estimate of drug-likeness (QED) is 0.268. The molecular formula is C28H25BrCl2N6O3S. The molecule has 0 N–H and O–H groups in total. The summed E-state index contributed by atoms with van der Waals surface area (Å²) in [6.07, 6.45) is 3.29. The lowest BCUT2D eigenvalue weighted by molar-refractivity contribution is -0.124. The van der Waals surface area contributed by atoms with Gasteiger partial charge in [-0.25, -0.2) is 23.3 Å². The Bertz CT molecular complexity index is 1710. The van der Waals surface area contributed by atoms with Gasteiger partial charge in [0, 0.05) is 53.3 Å². The van der Waals surface area contributed by atoms with E-state index in [0.29, 0.717) is 28.8 Å². The predicted octanol–water partition coefficient (Wildman–Crippen LogP) is 5.49. The van der Waals surface area contributed by atoms with E-state index in [-0.39, 0.29) is 36.4 Å². The number of carbonyl (C=O) groups excluding carboxylic acids is 1. The molecule has 6 rings (SSSR count). The van der Waals surface area contributed by atoms with Crippen LogP contribution >= 0.6 is 39.1 Å². The Morgan fingerprint density at radius 3 is 2.27 bits per heavy atom. The van der Waals surface area contributed by atoms with Crippen LogP contribution in [-0.2, 0) is 26.8 Å². The number of rotatable bonds is 6. The molecule has 13 heteroatoms. The monoisotopic (exact) mass is 674 g/mol. The Hall–Kier alpha value is -2.96. The Kier molecular flexibility index (Phi) is 7.36. The third-order valence-corrected chi connectivity index (χ3v) is 10.3. The lowest BCUT2D eigenvalue weighted by Gasteiger charge is -2.35. The van der Waals surface area contributed by atoms with Crippen molar-refractivity contribution in [3.8, 4) is 0 Å². The van der Waals surface area contributed by atoms with Gasteiger partial charge in [-0.3, -0.25) is 9.36 Å². The fraction of sp³-hybridized carbons (Fsp3) is 0.250. The van der Waals surface area contributed by atoms with Crippen LogP contribution in [0.4, 0.5) is 17.5 Å². The molecule has 0 spiro atoms. The number of sulfonamides is 1. The minimum atomic E-state index is -4.02. The van der Waals surface area contributed by atoms with E-state index in [0.717, 1.165) is 15.9 Å². The van der Waals surface area contributed by atoms with E-state index in [1.54, 1.807) is 35.9 Å². The minimum absolute atomic E-state index is 0.0395. The van der Waals surface area contributed by atoms with Crippen molar-refractivity contribution in [2.45, 2.75) is 23.9 Å². The van der Waals surface area contributed by atoms with E-state index >= 15 is 0 Å². The molecule has 0 saturated carbocycles. The molecule has 1 amide bonds. The summed E-state index contributed by atoms with van der Waals surface area (Å²) < 4.78 is 32.2. The molecule has 4 aromatic rings. The average Bonchev–Trinajstić information content (AvgIpc) is 3.48. The van der Waals surface area contributed by atoms with E-state index < -0.39 is 15.6 Å². The number of halogens is 3. The number of carbonyl (C=O) groups is 1. The van der Waals surface area contributed by atoms with Crippen molar-refractivity contribution < 1.29 is 13.2 Å². The van der Waals surface area contributed by atoms with Gasteiger partial charge in [0.15, 0.2) is 5.03 Å². The first-order chi connectivity index (χ1) is 19.6. The van der Waals surface area contributed by atoms with Crippen LogP contribution in [0.25, 0.3) is 0 Å². The summed E-state index contributed by atoms with van der Waals surface area (Å²) in [7, 11) is -4.02. The van der Waals surface area contributed by atoms with E-state index in [1.165, 1.54) is 15.4 Å². The fourth-order valence-electron chi connectivity index (χ4n) is 5.44. The number of hydrogen-bond acceptors (Lipinski definition) is 6. The highest BCUT2D eigenvalue weighted by molar-refractivity contribution is 9.10. The normalized spacial score (nSPS) is 19.6. The van der Waals surface area contributed by atoms with Crippen LogP contribution in [0, 0.1) is 0 Å². The van der Waals surface area contributed by atoms with Crippen LogP contribution < -0.4 is 9.80 Å². The number of imidazole rings is 1. The van der Waals surface area contributed by atoms with Crippen LogP contribution in [0.1, 0.15) is 12.5 Å². The van der Waals surface area contributed by atoms with Gasteiger partial charge < -0.3 is 4.90 Å². The molecule has 2 aliphatic heterocycles. The zero-order valence-electron chi connectivity index (χ0n) is 21.9. The first-order valence-corrected chi connectivity index (χ1v) is 15.9. The van der Waals surface area contributed by atoms with Crippen molar-refractivity contribution in [1.82, 2.24) is 18.8 Å². The number of nitrogens with zero attached hydrogens (tertiary/aromatic N) is 6. The standard InChI is InChI=1S/C28H25BrCl2N6O3S/c1-28(17-19-5-7-20(29)8-6-19)26(38)36(23-15-21(30)14-22(31)16-23)27-33-18-25(37(27)28)41(39,40)35-12-10-34(11-13-35)24-4-2-3-9-32-24/h2-9,14-16,18H,10-13,17H2,1H3. The maximum absolute atomic E-state index is 14.2. The summed E-state index contributed by atoms with van der Waals surface area (Å²) in [6, 6.07) is 18.0. The predicted molar refractivity (Wildman–Crippen MR) is 163 cm³/mol. The number of aromatic nitrogens is 3. The number of piperazine rings is 1. The SMILES string of the molecule is CC1(Cc2ccc(Br)cc2)C(=O)N(c2cc(Cl)cc(Cl)c2)c2ncc(S(=O)(=O)N3CCN(c4ccccn4)CC3)n21. The molecule has 41 heavy (non-hydrogen) atoms. The second-order valence-corrected chi connectivity index (χ2v) is 13.8. The smallest absolute Gasteiger partial charge is 0.260 e. The number of anilines is 3. The van der Waals surface area contributed by atoms with Gasteiger partial charge in [0.2, 0.25) is 5.95 Å². The van der Waals surface area contributed by atoms with Crippen molar-refractivity contribution in [2.24, 2.45) is 0 Å². The Morgan fingerprint density at radius 1 is 0.951 bits per heavy atom. The van der Waals surface area contributed by atoms with Crippen LogP contribution in [-0.4, -0.2) is 59.3 Å². The third-order valence-electron chi connectivity index (χ3n) is 7.45. The lowest BCUT2D eigenvalue weighted by Crippen LogP contribution is -2.50. The molecule has 4 heterocycles. The van der Waals surface area contributed by atoms with Gasteiger partial charge in [0.1, 0.15) is 11.4 Å². The number of pyridine rings is 1. The maximum atomic E-state index is 14.2. The summed E-state index contributed by atoms with van der Waals surface area (Å²) in [5.41, 5.74) is -0.0269. The van der Waals surface area contributed by atoms with Gasteiger partial charge in [-0.15, -0.1) is 0 Å². The molecular weight excluding hydrogens is 651 g/mol. The van der Waals surface area contributed by atoms with Crippen LogP contribution in [0.3, 0.4) is 0 Å². The van der Waals surface area contributed by atoms with E-state index in [1.807, 2.05) is 42.5 Å². The molecule has 1 saturated heterocycles. The first kappa shape index (κ1) is 28.2. The summed E-state index contributed by atoms with van der Waals surface area (Å²) >= 11 is 16.0. The van der Waals surface area contributed by atoms with Crippen LogP contribution in [0.2, 0.25) is 10.0 Å². The molecule has 2 aliphatic rings. The average molecular weight is 676 g/mol. The van der Waals surface area contributed by atoms with Crippen molar-refractivity contribution >= 4 is 72.5 Å². The second kappa shape index (κ2) is 10.7. The van der Waals surface area contributed by atoms with Crippen molar-refractivity contribution in [2.75, 3.05) is 36.0 Å². The highest BCUT2D eigenvalue weighted by Crippen LogP contribution is 2.45. The van der Waals surface area contributed by atoms with Gasteiger partial charge in [0.05, 0.1) is 11.9 Å². The number of amides is 1. The molecule has 1 atom stereocenters. The maximum Gasteiger partial charge on any atom is 0.260 e. The van der Waals surface area contributed by atoms with Crippen LogP contribution in [0.15, 0.2) is 82.6 Å². The van der Waals surface area contributed by atoms with E-state index in [2.05, 4.69) is 30.8 Å². The zero-order chi connectivity index (χ0) is 28.9. The van der Waals surface area contributed by atoms with Crippen molar-refractivity contribution in [3.05, 3.63) is 93.1 Å². The summed E-state index contributed by atoms with van der Waals surface area (Å²) in [5.74, 6) is 0.662. The molecule has 1 fully saturated rings. The highest BCUT2D eigenvalue weighted by atomic mass is 79.9.